The van der Waals surface area contributed by atoms with Crippen LogP contribution in [0.2, 0.25) is 0 Å². The molecule has 2 heterocycles. The van der Waals surface area contributed by atoms with Crippen molar-refractivity contribution in [3.63, 3.8) is 0 Å². The first-order valence-electron chi connectivity index (χ1n) is 10.2. The van der Waals surface area contributed by atoms with Gasteiger partial charge in [0.25, 0.3) is 0 Å². The molecule has 3 aromatic rings. The number of hydrogen-bond donors (Lipinski definition) is 4. The molecule has 0 unspecified atom stereocenters. The van der Waals surface area contributed by atoms with Crippen molar-refractivity contribution in [3.8, 4) is 40.1 Å². The highest BCUT2D eigenvalue weighted by Gasteiger charge is 2.40. The Morgan fingerprint density at radius 2 is 1.68 bits per heavy atom. The summed E-state index contributed by atoms with van der Waals surface area (Å²) in [7, 11) is 4.31. The zero-order valence-corrected chi connectivity index (χ0v) is 18.5. The number of aliphatic hydroxyl groups excluding tert-OH is 3. The van der Waals surface area contributed by atoms with Gasteiger partial charge in [-0.1, -0.05) is 0 Å². The molecule has 0 radical (unpaired) electrons. The van der Waals surface area contributed by atoms with Crippen LogP contribution in [0.15, 0.2) is 39.5 Å². The third-order valence-corrected chi connectivity index (χ3v) is 5.48. The first kappa shape index (κ1) is 23.6. The SMILES string of the molecule is COc1cc(O)c2c(=O)c(O[C@H]3OC[C@@H](O)[C@H](O)[C@@H]3O)c(-c3ccc(OC)c(OC)c3)oc2c1. The van der Waals surface area contributed by atoms with Crippen LogP contribution in [0.3, 0.4) is 0 Å². The number of phenols is 1. The van der Waals surface area contributed by atoms with E-state index in [2.05, 4.69) is 0 Å². The van der Waals surface area contributed by atoms with E-state index in [9.17, 15) is 25.2 Å². The predicted molar refractivity (Wildman–Crippen MR) is 118 cm³/mol. The number of benzene rings is 2. The molecule has 0 bridgehead atoms. The smallest absolute Gasteiger partial charge is 0.239 e. The van der Waals surface area contributed by atoms with Gasteiger partial charge in [0.05, 0.1) is 27.9 Å². The van der Waals surface area contributed by atoms with Crippen LogP contribution in [0.5, 0.6) is 28.7 Å². The van der Waals surface area contributed by atoms with Crippen LogP contribution in [0.4, 0.5) is 0 Å². The Morgan fingerprint density at radius 1 is 0.941 bits per heavy atom. The van der Waals surface area contributed by atoms with Crippen LogP contribution < -0.4 is 24.4 Å². The Balaban J connectivity index is 1.93. The van der Waals surface area contributed by atoms with Gasteiger partial charge < -0.3 is 48.5 Å². The van der Waals surface area contributed by atoms with Gasteiger partial charge in [0, 0.05) is 17.7 Å². The summed E-state index contributed by atoms with van der Waals surface area (Å²) in [5.74, 6) is 0.153. The molecule has 4 N–H and O–H groups in total. The summed E-state index contributed by atoms with van der Waals surface area (Å²) >= 11 is 0. The standard InChI is InChI=1S/C23H24O11/c1-29-11-7-12(24)17-16(8-11)33-21(10-4-5-14(30-2)15(6-10)31-3)22(19(17)27)34-23-20(28)18(26)13(25)9-32-23/h4-8,13,18,20,23-26,28H,9H2,1-3H3/t13-,18+,20+,23-/m1/s1. The van der Waals surface area contributed by atoms with Gasteiger partial charge in [-0.2, -0.15) is 0 Å². The fourth-order valence-electron chi connectivity index (χ4n) is 3.65. The molecule has 1 aliphatic heterocycles. The number of fused-ring (bicyclic) bond motifs is 1. The third-order valence-electron chi connectivity index (χ3n) is 5.48. The molecule has 11 nitrogen and oxygen atoms in total. The molecule has 0 saturated carbocycles. The van der Waals surface area contributed by atoms with Crippen LogP contribution in [-0.4, -0.2) is 73.0 Å². The fourth-order valence-corrected chi connectivity index (χ4v) is 3.65. The lowest BCUT2D eigenvalue weighted by Crippen LogP contribution is -2.55. The lowest BCUT2D eigenvalue weighted by Gasteiger charge is -2.34. The molecule has 1 saturated heterocycles. The molecule has 0 aliphatic carbocycles. The Morgan fingerprint density at radius 3 is 2.35 bits per heavy atom. The van der Waals surface area contributed by atoms with Crippen molar-refractivity contribution in [1.29, 1.82) is 0 Å². The first-order chi connectivity index (χ1) is 16.3. The minimum Gasteiger partial charge on any atom is -0.507 e. The molecule has 0 amide bonds. The van der Waals surface area contributed by atoms with Crippen molar-refractivity contribution in [2.24, 2.45) is 0 Å². The Bertz CT molecular complexity index is 1250. The molecular weight excluding hydrogens is 452 g/mol. The topological polar surface area (TPSA) is 157 Å². The molecule has 1 aromatic heterocycles. The van der Waals surface area contributed by atoms with E-state index < -0.39 is 41.5 Å². The van der Waals surface area contributed by atoms with E-state index in [0.717, 1.165) is 0 Å². The predicted octanol–water partition coefficient (Wildman–Crippen LogP) is 1.01. The minimum absolute atomic E-state index is 0.0135. The van der Waals surface area contributed by atoms with E-state index in [1.165, 1.54) is 33.5 Å². The van der Waals surface area contributed by atoms with E-state index in [1.807, 2.05) is 0 Å². The molecule has 4 atom stereocenters. The highest BCUT2D eigenvalue weighted by Crippen LogP contribution is 2.39. The van der Waals surface area contributed by atoms with Gasteiger partial charge in [0.1, 0.15) is 40.8 Å². The summed E-state index contributed by atoms with van der Waals surface area (Å²) in [6.07, 6.45) is -6.06. The summed E-state index contributed by atoms with van der Waals surface area (Å²) in [4.78, 5) is 13.5. The molecule has 4 rings (SSSR count). The van der Waals surface area contributed by atoms with Gasteiger partial charge in [-0.05, 0) is 18.2 Å². The van der Waals surface area contributed by atoms with Gasteiger partial charge in [0.15, 0.2) is 17.3 Å². The van der Waals surface area contributed by atoms with Crippen molar-refractivity contribution in [2.45, 2.75) is 24.6 Å². The second-order valence-corrected chi connectivity index (χ2v) is 7.55. The van der Waals surface area contributed by atoms with E-state index in [-0.39, 0.29) is 29.1 Å². The van der Waals surface area contributed by atoms with Gasteiger partial charge in [-0.15, -0.1) is 0 Å². The quantitative estimate of drug-likeness (QED) is 0.402. The van der Waals surface area contributed by atoms with Gasteiger partial charge in [-0.3, -0.25) is 4.79 Å². The lowest BCUT2D eigenvalue weighted by atomic mass is 10.1. The van der Waals surface area contributed by atoms with Crippen molar-refractivity contribution < 1.29 is 48.5 Å². The largest absolute Gasteiger partial charge is 0.507 e. The number of hydrogen-bond acceptors (Lipinski definition) is 11. The van der Waals surface area contributed by atoms with E-state index in [0.29, 0.717) is 17.1 Å². The van der Waals surface area contributed by atoms with E-state index in [1.54, 1.807) is 18.2 Å². The Hall–Kier alpha value is -3.51. The maximum atomic E-state index is 13.5. The number of ether oxygens (including phenoxy) is 5. The molecule has 34 heavy (non-hydrogen) atoms. The van der Waals surface area contributed by atoms with Gasteiger partial charge in [0.2, 0.25) is 17.5 Å². The zero-order valence-electron chi connectivity index (χ0n) is 18.5. The number of phenolic OH excluding ortho intramolecular Hbond substituents is 1. The summed E-state index contributed by atoms with van der Waals surface area (Å²) in [6, 6.07) is 7.40. The highest BCUT2D eigenvalue weighted by atomic mass is 16.7. The zero-order chi connectivity index (χ0) is 24.6. The van der Waals surface area contributed by atoms with E-state index >= 15 is 0 Å². The molecule has 0 spiro atoms. The van der Waals surface area contributed by atoms with Crippen LogP contribution in [0.1, 0.15) is 0 Å². The highest BCUT2D eigenvalue weighted by molar-refractivity contribution is 5.88. The van der Waals surface area contributed by atoms with Crippen molar-refractivity contribution in [1.82, 2.24) is 0 Å². The van der Waals surface area contributed by atoms with Crippen LogP contribution >= 0.6 is 0 Å². The average molecular weight is 476 g/mol. The molecule has 182 valence electrons. The average Bonchev–Trinajstić information content (AvgIpc) is 2.84. The van der Waals surface area contributed by atoms with Gasteiger partial charge >= 0.3 is 0 Å². The monoisotopic (exact) mass is 476 g/mol. The number of aliphatic hydroxyl groups is 3. The van der Waals surface area contributed by atoms with Crippen LogP contribution in [0, 0.1) is 0 Å². The molecule has 1 fully saturated rings. The summed E-state index contributed by atoms with van der Waals surface area (Å²) < 4.78 is 32.7. The van der Waals surface area contributed by atoms with E-state index in [4.69, 9.17) is 28.1 Å². The molecule has 2 aromatic carbocycles. The number of aromatic hydroxyl groups is 1. The number of rotatable bonds is 6. The van der Waals surface area contributed by atoms with Crippen molar-refractivity contribution >= 4 is 11.0 Å². The maximum absolute atomic E-state index is 13.5. The fraction of sp³-hybridized carbons (Fsp3) is 0.348. The van der Waals surface area contributed by atoms with Crippen LogP contribution in [0.25, 0.3) is 22.3 Å². The van der Waals surface area contributed by atoms with Crippen LogP contribution in [-0.2, 0) is 4.74 Å². The second kappa shape index (κ2) is 9.39. The maximum Gasteiger partial charge on any atom is 0.239 e. The third kappa shape index (κ3) is 4.10. The molecule has 11 heteroatoms. The van der Waals surface area contributed by atoms with Gasteiger partial charge in [-0.25, -0.2) is 0 Å². The first-order valence-corrected chi connectivity index (χ1v) is 10.2. The second-order valence-electron chi connectivity index (χ2n) is 7.55. The lowest BCUT2D eigenvalue weighted by molar-refractivity contribution is -0.242. The summed E-state index contributed by atoms with van der Waals surface area (Å²) in [5.41, 5.74) is -0.401. The van der Waals surface area contributed by atoms with Crippen molar-refractivity contribution in [3.05, 3.63) is 40.6 Å². The normalized spacial score (nSPS) is 22.4. The summed E-state index contributed by atoms with van der Waals surface area (Å²) in [6.45, 7) is -0.337. The minimum atomic E-state index is -1.67. The Kier molecular flexibility index (Phi) is 6.53. The molecular formula is C23H24O11. The summed E-state index contributed by atoms with van der Waals surface area (Å²) in [5, 5.41) is 40.3. The molecule has 1 aliphatic rings. The van der Waals surface area contributed by atoms with Crippen molar-refractivity contribution in [2.75, 3.05) is 27.9 Å². The Labute approximate surface area is 193 Å². The number of methoxy groups -OCH3 is 3.